The average Bonchev–Trinajstić information content (AvgIpc) is 2.76. The highest BCUT2D eigenvalue weighted by atomic mass is 35.5. The second-order valence-corrected chi connectivity index (χ2v) is 6.85. The molecule has 1 heterocycles. The van der Waals surface area contributed by atoms with Gasteiger partial charge in [-0.05, 0) is 29.8 Å². The number of fused-ring (bicyclic) bond motifs is 2. The van der Waals surface area contributed by atoms with E-state index in [1.54, 1.807) is 11.8 Å². The average molecular weight is 352 g/mol. The Kier molecular flexibility index (Phi) is 4.28. The Balaban J connectivity index is 1.62. The molecule has 24 heavy (non-hydrogen) atoms. The smallest absolute Gasteiger partial charge is 0.138 e. The molecule has 0 atom stereocenters. The number of ether oxygens (including phenoxy) is 1. The highest BCUT2D eigenvalue weighted by Gasteiger charge is 2.16. The Bertz CT molecular complexity index is 909. The summed E-state index contributed by atoms with van der Waals surface area (Å²) in [6.45, 7) is 0.547. The second-order valence-electron chi connectivity index (χ2n) is 5.40. The van der Waals surface area contributed by atoms with E-state index in [4.69, 9.17) is 16.3 Å². The van der Waals surface area contributed by atoms with Gasteiger partial charge in [0.25, 0.3) is 0 Å². The molecule has 0 amide bonds. The Morgan fingerprint density at radius 2 is 1.67 bits per heavy atom. The zero-order valence-corrected chi connectivity index (χ0v) is 14.3. The predicted octanol–water partition coefficient (Wildman–Crippen LogP) is 6.05. The third kappa shape index (κ3) is 3.18. The van der Waals surface area contributed by atoms with Crippen molar-refractivity contribution in [2.75, 3.05) is 0 Å². The molecule has 3 aromatic rings. The van der Waals surface area contributed by atoms with Crippen LogP contribution in [-0.2, 0) is 6.61 Å². The summed E-state index contributed by atoms with van der Waals surface area (Å²) < 4.78 is 5.92. The van der Waals surface area contributed by atoms with Crippen LogP contribution in [-0.4, -0.2) is 5.17 Å². The van der Waals surface area contributed by atoms with Crippen molar-refractivity contribution in [3.05, 3.63) is 83.9 Å². The van der Waals surface area contributed by atoms with Crippen LogP contribution < -0.4 is 4.74 Å². The summed E-state index contributed by atoms with van der Waals surface area (Å²) >= 11 is 8.03. The summed E-state index contributed by atoms with van der Waals surface area (Å²) in [5, 5.41) is 0.523. The van der Waals surface area contributed by atoms with Crippen LogP contribution in [0.2, 0.25) is 0 Å². The first-order valence-electron chi connectivity index (χ1n) is 7.62. The van der Waals surface area contributed by atoms with Gasteiger partial charge in [-0.1, -0.05) is 71.9 Å². The highest BCUT2D eigenvalue weighted by Crippen LogP contribution is 2.42. The molecule has 0 aliphatic carbocycles. The molecule has 4 rings (SSSR count). The van der Waals surface area contributed by atoms with Crippen LogP contribution in [0.15, 0.2) is 87.6 Å². The summed E-state index contributed by atoms with van der Waals surface area (Å²) in [6, 6.07) is 24.1. The van der Waals surface area contributed by atoms with Crippen molar-refractivity contribution in [1.82, 2.24) is 0 Å². The standard InChI is InChI=1S/C20H14ClNOS/c21-20-16-8-4-5-9-18(16)24-19-12-15(10-11-17(19)22-20)23-13-14-6-2-1-3-7-14/h1-12H,13H2. The monoisotopic (exact) mass is 351 g/mol. The van der Waals surface area contributed by atoms with E-state index < -0.39 is 0 Å². The molecule has 0 saturated heterocycles. The quantitative estimate of drug-likeness (QED) is 0.573. The maximum atomic E-state index is 6.37. The fraction of sp³-hybridized carbons (Fsp3) is 0.0500. The molecular formula is C20H14ClNOS. The lowest BCUT2D eigenvalue weighted by Gasteiger charge is -2.09. The summed E-state index contributed by atoms with van der Waals surface area (Å²) in [7, 11) is 0. The van der Waals surface area contributed by atoms with E-state index in [0.717, 1.165) is 32.4 Å². The van der Waals surface area contributed by atoms with Crippen LogP contribution in [0, 0.1) is 0 Å². The molecular weight excluding hydrogens is 338 g/mol. The third-order valence-electron chi connectivity index (χ3n) is 3.73. The van der Waals surface area contributed by atoms with E-state index in [2.05, 4.69) is 23.2 Å². The maximum absolute atomic E-state index is 6.37. The molecule has 4 heteroatoms. The van der Waals surface area contributed by atoms with Crippen LogP contribution in [0.1, 0.15) is 11.1 Å². The first-order valence-corrected chi connectivity index (χ1v) is 8.81. The minimum absolute atomic E-state index is 0.523. The summed E-state index contributed by atoms with van der Waals surface area (Å²) in [5.41, 5.74) is 2.98. The highest BCUT2D eigenvalue weighted by molar-refractivity contribution is 7.99. The van der Waals surface area contributed by atoms with Gasteiger partial charge < -0.3 is 4.74 Å². The van der Waals surface area contributed by atoms with Crippen LogP contribution in [0.3, 0.4) is 0 Å². The van der Waals surface area contributed by atoms with Crippen molar-refractivity contribution in [1.29, 1.82) is 0 Å². The van der Waals surface area contributed by atoms with Crippen molar-refractivity contribution in [2.24, 2.45) is 4.99 Å². The van der Waals surface area contributed by atoms with Crippen LogP contribution >= 0.6 is 23.4 Å². The number of rotatable bonds is 3. The lowest BCUT2D eigenvalue weighted by molar-refractivity contribution is 0.305. The fourth-order valence-corrected chi connectivity index (χ4v) is 3.87. The van der Waals surface area contributed by atoms with E-state index in [0.29, 0.717) is 11.8 Å². The molecule has 0 N–H and O–H groups in total. The van der Waals surface area contributed by atoms with Gasteiger partial charge in [-0.2, -0.15) is 0 Å². The van der Waals surface area contributed by atoms with Crippen LogP contribution in [0.4, 0.5) is 5.69 Å². The molecule has 0 unspecified atom stereocenters. The van der Waals surface area contributed by atoms with Crippen molar-refractivity contribution in [3.63, 3.8) is 0 Å². The van der Waals surface area contributed by atoms with Crippen molar-refractivity contribution < 1.29 is 4.74 Å². The topological polar surface area (TPSA) is 21.6 Å². The van der Waals surface area contributed by atoms with Crippen LogP contribution in [0.25, 0.3) is 0 Å². The lowest BCUT2D eigenvalue weighted by Crippen LogP contribution is -1.94. The molecule has 0 aromatic heterocycles. The number of aliphatic imine (C=N–C) groups is 1. The summed E-state index contributed by atoms with van der Waals surface area (Å²) in [4.78, 5) is 6.69. The van der Waals surface area contributed by atoms with Gasteiger partial charge >= 0.3 is 0 Å². The molecule has 0 radical (unpaired) electrons. The number of hydrogen-bond acceptors (Lipinski definition) is 3. The number of benzene rings is 3. The van der Waals surface area contributed by atoms with Gasteiger partial charge in [0, 0.05) is 15.4 Å². The zero-order chi connectivity index (χ0) is 16.4. The largest absolute Gasteiger partial charge is 0.489 e. The molecule has 0 saturated carbocycles. The fourth-order valence-electron chi connectivity index (χ4n) is 2.51. The molecule has 2 nitrogen and oxygen atoms in total. The minimum atomic E-state index is 0.523. The van der Waals surface area contributed by atoms with Crippen molar-refractivity contribution in [2.45, 2.75) is 16.4 Å². The summed E-state index contributed by atoms with van der Waals surface area (Å²) in [5.74, 6) is 0.829. The number of hydrogen-bond donors (Lipinski definition) is 0. The summed E-state index contributed by atoms with van der Waals surface area (Å²) in [6.07, 6.45) is 0. The normalized spacial score (nSPS) is 12.6. The molecule has 3 aromatic carbocycles. The third-order valence-corrected chi connectivity index (χ3v) is 5.14. The first-order chi connectivity index (χ1) is 11.8. The SMILES string of the molecule is ClC1=Nc2ccc(OCc3ccccc3)cc2Sc2ccccc21. The maximum Gasteiger partial charge on any atom is 0.138 e. The molecule has 0 spiro atoms. The molecule has 1 aliphatic heterocycles. The van der Waals surface area contributed by atoms with E-state index in [1.165, 1.54) is 0 Å². The molecule has 118 valence electrons. The van der Waals surface area contributed by atoms with Crippen molar-refractivity contribution in [3.8, 4) is 5.75 Å². The minimum Gasteiger partial charge on any atom is -0.489 e. The number of nitrogens with zero attached hydrogens (tertiary/aromatic N) is 1. The Morgan fingerprint density at radius 3 is 2.54 bits per heavy atom. The predicted molar refractivity (Wildman–Crippen MR) is 99.8 cm³/mol. The van der Waals surface area contributed by atoms with Gasteiger partial charge in [-0.25, -0.2) is 4.99 Å². The van der Waals surface area contributed by atoms with E-state index in [-0.39, 0.29) is 0 Å². The zero-order valence-electron chi connectivity index (χ0n) is 12.8. The molecule has 0 bridgehead atoms. The first kappa shape index (κ1) is 15.3. The Morgan fingerprint density at radius 1 is 0.875 bits per heavy atom. The van der Waals surface area contributed by atoms with E-state index in [9.17, 15) is 0 Å². The van der Waals surface area contributed by atoms with E-state index in [1.807, 2.05) is 54.6 Å². The van der Waals surface area contributed by atoms with Gasteiger partial charge in [0.15, 0.2) is 0 Å². The van der Waals surface area contributed by atoms with Gasteiger partial charge in [0.2, 0.25) is 0 Å². The second kappa shape index (κ2) is 6.71. The van der Waals surface area contributed by atoms with Crippen molar-refractivity contribution >= 4 is 34.2 Å². The van der Waals surface area contributed by atoms with Crippen LogP contribution in [0.5, 0.6) is 5.75 Å². The van der Waals surface area contributed by atoms with Gasteiger partial charge in [0.05, 0.1) is 5.69 Å². The molecule has 0 fully saturated rings. The van der Waals surface area contributed by atoms with Gasteiger partial charge in [-0.3, -0.25) is 0 Å². The molecule has 1 aliphatic rings. The Hall–Kier alpha value is -2.23. The number of halogens is 1. The Labute approximate surface area is 150 Å². The van der Waals surface area contributed by atoms with Gasteiger partial charge in [0.1, 0.15) is 17.5 Å². The van der Waals surface area contributed by atoms with E-state index >= 15 is 0 Å². The van der Waals surface area contributed by atoms with Gasteiger partial charge in [-0.15, -0.1) is 0 Å². The lowest BCUT2D eigenvalue weighted by atomic mass is 10.2.